The zero-order valence-electron chi connectivity index (χ0n) is 12.9. The number of hydrogen-bond donors (Lipinski definition) is 0. The summed E-state index contributed by atoms with van der Waals surface area (Å²) in [5.74, 6) is -1.06. The molecule has 2 heterocycles. The number of nitrogens with zero attached hydrogens (tertiary/aromatic N) is 1. The maximum Gasteiger partial charge on any atom is 0.338 e. The van der Waals surface area contributed by atoms with E-state index >= 15 is 0 Å². The highest BCUT2D eigenvalue weighted by atomic mass is 16.6. The third-order valence-electron chi connectivity index (χ3n) is 4.96. The molecule has 22 heavy (non-hydrogen) atoms. The van der Waals surface area contributed by atoms with Crippen LogP contribution in [-0.2, 0) is 14.3 Å². The summed E-state index contributed by atoms with van der Waals surface area (Å²) in [6.07, 6.45) is 2.26. The summed E-state index contributed by atoms with van der Waals surface area (Å²) in [4.78, 5) is 26.7. The topological polar surface area (TPSA) is 55.8 Å². The average Bonchev–Trinajstić information content (AvgIpc) is 2.78. The van der Waals surface area contributed by atoms with E-state index in [2.05, 4.69) is 4.90 Å². The molecule has 1 unspecified atom stereocenters. The lowest BCUT2D eigenvalue weighted by atomic mass is 9.87. The summed E-state index contributed by atoms with van der Waals surface area (Å²) in [6.45, 7) is 0. The molecule has 0 amide bonds. The summed E-state index contributed by atoms with van der Waals surface area (Å²) in [6, 6.07) is 9.36. The number of ether oxygens (including phenoxy) is 2. The zero-order chi connectivity index (χ0) is 15.7. The Morgan fingerprint density at radius 2 is 1.91 bits per heavy atom. The smallest absolute Gasteiger partial charge is 0.338 e. The van der Waals surface area contributed by atoms with Crippen molar-refractivity contribution in [1.82, 2.24) is 4.90 Å². The number of methoxy groups -OCH3 is 1. The molecule has 0 N–H and O–H groups in total. The Bertz CT molecular complexity index is 559. The summed E-state index contributed by atoms with van der Waals surface area (Å²) in [5, 5.41) is 0. The molecule has 0 radical (unpaired) electrons. The monoisotopic (exact) mass is 303 g/mol. The molecule has 2 fully saturated rings. The second-order valence-corrected chi connectivity index (χ2v) is 6.06. The summed E-state index contributed by atoms with van der Waals surface area (Å²) in [7, 11) is 3.42. The molecule has 2 saturated heterocycles. The highest BCUT2D eigenvalue weighted by Crippen LogP contribution is 2.40. The first-order valence-electron chi connectivity index (χ1n) is 7.67. The Hall–Kier alpha value is -1.88. The molecule has 0 saturated carbocycles. The Balaban J connectivity index is 1.79. The van der Waals surface area contributed by atoms with Crippen molar-refractivity contribution in [3.63, 3.8) is 0 Å². The molecule has 2 aliphatic rings. The second-order valence-electron chi connectivity index (χ2n) is 6.06. The Labute approximate surface area is 130 Å². The Morgan fingerprint density at radius 1 is 1.18 bits per heavy atom. The second kappa shape index (κ2) is 6.08. The fourth-order valence-corrected chi connectivity index (χ4v) is 3.77. The third-order valence-corrected chi connectivity index (χ3v) is 4.96. The van der Waals surface area contributed by atoms with Crippen molar-refractivity contribution in [3.8, 4) is 0 Å². The minimum atomic E-state index is -0.408. The predicted molar refractivity (Wildman–Crippen MR) is 80.3 cm³/mol. The van der Waals surface area contributed by atoms with Crippen molar-refractivity contribution >= 4 is 11.9 Å². The SMILES string of the molecule is COC(=O)[C@H]1[C@H]2CCC(C[C@H]1OC(=O)c1ccccc1)N2C. The van der Waals surface area contributed by atoms with Gasteiger partial charge in [0.15, 0.2) is 0 Å². The van der Waals surface area contributed by atoms with Crippen molar-refractivity contribution in [2.75, 3.05) is 14.2 Å². The van der Waals surface area contributed by atoms with Gasteiger partial charge in [-0.15, -0.1) is 0 Å². The number of carbonyl (C=O) groups excluding carboxylic acids is 2. The van der Waals surface area contributed by atoms with Crippen molar-refractivity contribution in [1.29, 1.82) is 0 Å². The fraction of sp³-hybridized carbons (Fsp3) is 0.529. The largest absolute Gasteiger partial charge is 0.469 e. The van der Waals surface area contributed by atoms with Gasteiger partial charge in [0.05, 0.1) is 12.7 Å². The van der Waals surface area contributed by atoms with E-state index in [1.54, 1.807) is 24.3 Å². The Morgan fingerprint density at radius 3 is 2.59 bits per heavy atom. The molecule has 2 bridgehead atoms. The quantitative estimate of drug-likeness (QED) is 0.798. The predicted octanol–water partition coefficient (Wildman–Crippen LogP) is 1.87. The van der Waals surface area contributed by atoms with E-state index in [4.69, 9.17) is 9.47 Å². The number of benzene rings is 1. The van der Waals surface area contributed by atoms with Gasteiger partial charge in [-0.3, -0.25) is 9.69 Å². The lowest BCUT2D eigenvalue weighted by Crippen LogP contribution is -2.53. The van der Waals surface area contributed by atoms with Crippen molar-refractivity contribution in [3.05, 3.63) is 35.9 Å². The first-order valence-corrected chi connectivity index (χ1v) is 7.67. The number of piperidine rings is 1. The van der Waals surface area contributed by atoms with Crippen molar-refractivity contribution < 1.29 is 19.1 Å². The van der Waals surface area contributed by atoms with Gasteiger partial charge < -0.3 is 9.47 Å². The van der Waals surface area contributed by atoms with Crippen LogP contribution in [0.4, 0.5) is 0 Å². The van der Waals surface area contributed by atoms with E-state index in [1.807, 2.05) is 13.1 Å². The maximum atomic E-state index is 12.3. The van der Waals surface area contributed by atoms with Crippen LogP contribution in [0.2, 0.25) is 0 Å². The maximum absolute atomic E-state index is 12.3. The van der Waals surface area contributed by atoms with Gasteiger partial charge in [0.25, 0.3) is 0 Å². The van der Waals surface area contributed by atoms with Gasteiger partial charge >= 0.3 is 11.9 Å². The molecule has 118 valence electrons. The normalized spacial score (nSPS) is 30.8. The molecular formula is C17H21NO4. The van der Waals surface area contributed by atoms with E-state index in [0.717, 1.165) is 12.8 Å². The lowest BCUT2D eigenvalue weighted by Gasteiger charge is -2.40. The van der Waals surface area contributed by atoms with E-state index in [0.29, 0.717) is 18.0 Å². The van der Waals surface area contributed by atoms with Crippen LogP contribution in [0.5, 0.6) is 0 Å². The van der Waals surface area contributed by atoms with Gasteiger partial charge in [-0.2, -0.15) is 0 Å². The standard InChI is InChI=1S/C17H21NO4/c1-18-12-8-9-13(18)15(17(20)21-2)14(10-12)22-16(19)11-6-4-3-5-7-11/h3-7,12-15H,8-10H2,1-2H3/t12?,13-,14-,15+/m1/s1. The van der Waals surface area contributed by atoms with Gasteiger partial charge in [0.2, 0.25) is 0 Å². The van der Waals surface area contributed by atoms with Crippen LogP contribution in [0.3, 0.4) is 0 Å². The number of fused-ring (bicyclic) bond motifs is 2. The minimum absolute atomic E-state index is 0.0970. The van der Waals surface area contributed by atoms with Crippen LogP contribution < -0.4 is 0 Å². The fourth-order valence-electron chi connectivity index (χ4n) is 3.77. The summed E-state index contributed by atoms with van der Waals surface area (Å²) in [5.41, 5.74) is 0.511. The highest BCUT2D eigenvalue weighted by molar-refractivity contribution is 5.89. The van der Waals surface area contributed by atoms with Crippen LogP contribution in [0.1, 0.15) is 29.6 Å². The molecule has 0 aromatic heterocycles. The summed E-state index contributed by atoms with van der Waals surface area (Å²) >= 11 is 0. The van der Waals surface area contributed by atoms with E-state index in [-0.39, 0.29) is 18.0 Å². The van der Waals surface area contributed by atoms with Gasteiger partial charge in [-0.25, -0.2) is 4.79 Å². The third kappa shape index (κ3) is 2.61. The minimum Gasteiger partial charge on any atom is -0.469 e. The zero-order valence-corrected chi connectivity index (χ0v) is 12.9. The van der Waals surface area contributed by atoms with Gasteiger partial charge in [-0.05, 0) is 32.0 Å². The van der Waals surface area contributed by atoms with Crippen LogP contribution in [0, 0.1) is 5.92 Å². The van der Waals surface area contributed by atoms with Crippen LogP contribution in [0.25, 0.3) is 0 Å². The molecule has 0 aliphatic carbocycles. The van der Waals surface area contributed by atoms with Crippen molar-refractivity contribution in [2.24, 2.45) is 5.92 Å². The van der Waals surface area contributed by atoms with E-state index in [9.17, 15) is 9.59 Å². The first kappa shape index (κ1) is 15.0. The number of carbonyl (C=O) groups is 2. The lowest BCUT2D eigenvalue weighted by molar-refractivity contribution is -0.156. The first-order chi connectivity index (χ1) is 10.6. The van der Waals surface area contributed by atoms with E-state index < -0.39 is 12.0 Å². The van der Waals surface area contributed by atoms with E-state index in [1.165, 1.54) is 7.11 Å². The molecule has 2 aliphatic heterocycles. The molecule has 0 spiro atoms. The molecule has 5 heteroatoms. The number of rotatable bonds is 3. The molecule has 5 nitrogen and oxygen atoms in total. The molecule has 1 aromatic carbocycles. The Kier molecular flexibility index (Phi) is 4.16. The van der Waals surface area contributed by atoms with Gasteiger partial charge in [-0.1, -0.05) is 18.2 Å². The van der Waals surface area contributed by atoms with Crippen LogP contribution in [-0.4, -0.2) is 49.2 Å². The highest BCUT2D eigenvalue weighted by Gasteiger charge is 2.50. The average molecular weight is 303 g/mol. The van der Waals surface area contributed by atoms with Gasteiger partial charge in [0.1, 0.15) is 12.0 Å². The molecular weight excluding hydrogens is 282 g/mol. The summed E-state index contributed by atoms with van der Waals surface area (Å²) < 4.78 is 10.6. The van der Waals surface area contributed by atoms with Gasteiger partial charge in [0, 0.05) is 18.5 Å². The molecule has 1 aromatic rings. The van der Waals surface area contributed by atoms with Crippen LogP contribution >= 0.6 is 0 Å². The molecule has 3 rings (SSSR count). The van der Waals surface area contributed by atoms with Crippen molar-refractivity contribution in [2.45, 2.75) is 37.5 Å². The number of hydrogen-bond acceptors (Lipinski definition) is 5. The number of esters is 2. The molecule has 4 atom stereocenters. The van der Waals surface area contributed by atoms with Crippen LogP contribution in [0.15, 0.2) is 30.3 Å².